The Morgan fingerprint density at radius 2 is 1.72 bits per heavy atom. The summed E-state index contributed by atoms with van der Waals surface area (Å²) in [6.45, 7) is 4.41. The number of nitrogens with one attached hydrogen (secondary N) is 2. The average molecular weight is 478 g/mol. The van der Waals surface area contributed by atoms with Crippen LogP contribution in [0.3, 0.4) is 0 Å². The molecule has 8 nitrogen and oxygen atoms in total. The molecule has 3 rings (SSSR count). The zero-order valence-corrected chi connectivity index (χ0v) is 19.2. The Kier molecular flexibility index (Phi) is 7.83. The molecule has 0 saturated carbocycles. The SMILES string of the molecule is C=CS(=O)(=O)NC[C@H]1CCN(S(=O)(=O)c2ccc(CC(=O)NCc3ccccc3)cc2)C1. The highest BCUT2D eigenvalue weighted by Gasteiger charge is 2.32. The van der Waals surface area contributed by atoms with Crippen LogP contribution in [0.4, 0.5) is 0 Å². The number of hydrogen-bond acceptors (Lipinski definition) is 5. The van der Waals surface area contributed by atoms with Crippen molar-refractivity contribution in [1.82, 2.24) is 14.3 Å². The lowest BCUT2D eigenvalue weighted by molar-refractivity contribution is -0.120. The quantitative estimate of drug-likeness (QED) is 0.540. The predicted octanol–water partition coefficient (Wildman–Crippen LogP) is 1.62. The molecule has 0 aromatic heterocycles. The summed E-state index contributed by atoms with van der Waals surface area (Å²) in [7, 11) is -7.22. The van der Waals surface area contributed by atoms with Crippen LogP contribution in [0.25, 0.3) is 0 Å². The van der Waals surface area contributed by atoms with E-state index in [1.165, 1.54) is 16.4 Å². The van der Waals surface area contributed by atoms with Gasteiger partial charge in [-0.2, -0.15) is 4.31 Å². The second kappa shape index (κ2) is 10.4. The predicted molar refractivity (Wildman–Crippen MR) is 122 cm³/mol. The molecule has 1 fully saturated rings. The first-order valence-electron chi connectivity index (χ1n) is 10.2. The highest BCUT2D eigenvalue weighted by molar-refractivity contribution is 7.92. The molecule has 1 aliphatic heterocycles. The van der Waals surface area contributed by atoms with Gasteiger partial charge in [0.2, 0.25) is 26.0 Å². The van der Waals surface area contributed by atoms with Crippen molar-refractivity contribution < 1.29 is 21.6 Å². The van der Waals surface area contributed by atoms with Crippen LogP contribution in [0.2, 0.25) is 0 Å². The minimum Gasteiger partial charge on any atom is -0.352 e. The van der Waals surface area contributed by atoms with Crippen LogP contribution in [0.15, 0.2) is 71.5 Å². The summed E-state index contributed by atoms with van der Waals surface area (Å²) in [6, 6.07) is 15.9. The lowest BCUT2D eigenvalue weighted by atomic mass is 10.1. The van der Waals surface area contributed by atoms with E-state index in [0.29, 0.717) is 25.1 Å². The van der Waals surface area contributed by atoms with Crippen LogP contribution in [0, 0.1) is 5.92 Å². The van der Waals surface area contributed by atoms with E-state index in [0.717, 1.165) is 11.0 Å². The Bertz CT molecular complexity index is 1150. The normalized spacial score (nSPS) is 17.2. The molecule has 2 aromatic rings. The van der Waals surface area contributed by atoms with Gasteiger partial charge in [0.05, 0.1) is 11.3 Å². The van der Waals surface area contributed by atoms with Gasteiger partial charge in [0, 0.05) is 31.6 Å². The molecule has 32 heavy (non-hydrogen) atoms. The fourth-order valence-corrected chi connectivity index (χ4v) is 5.56. The Morgan fingerprint density at radius 3 is 2.38 bits per heavy atom. The minimum atomic E-state index is -3.69. The monoisotopic (exact) mass is 477 g/mol. The van der Waals surface area contributed by atoms with Gasteiger partial charge in [0.25, 0.3) is 0 Å². The third-order valence-electron chi connectivity index (χ3n) is 5.30. The van der Waals surface area contributed by atoms with E-state index in [4.69, 9.17) is 0 Å². The lowest BCUT2D eigenvalue weighted by Gasteiger charge is -2.17. The largest absolute Gasteiger partial charge is 0.352 e. The smallest absolute Gasteiger partial charge is 0.243 e. The highest BCUT2D eigenvalue weighted by atomic mass is 32.2. The van der Waals surface area contributed by atoms with Crippen molar-refractivity contribution in [2.75, 3.05) is 19.6 Å². The summed E-state index contributed by atoms with van der Waals surface area (Å²) < 4.78 is 52.6. The number of carbonyl (C=O) groups is 1. The van der Waals surface area contributed by atoms with Crippen LogP contribution in [0.1, 0.15) is 17.5 Å². The van der Waals surface area contributed by atoms with Crippen LogP contribution in [-0.4, -0.2) is 46.7 Å². The van der Waals surface area contributed by atoms with Crippen molar-refractivity contribution in [2.45, 2.75) is 24.3 Å². The fraction of sp³-hybridized carbons (Fsp3) is 0.318. The molecular formula is C22H27N3O5S2. The van der Waals surface area contributed by atoms with Gasteiger partial charge in [-0.1, -0.05) is 49.0 Å². The maximum atomic E-state index is 12.9. The Morgan fingerprint density at radius 1 is 1.03 bits per heavy atom. The van der Waals surface area contributed by atoms with Gasteiger partial charge in [-0.3, -0.25) is 4.79 Å². The molecule has 10 heteroatoms. The molecule has 0 unspecified atom stereocenters. The molecule has 0 aliphatic carbocycles. The third kappa shape index (κ3) is 6.49. The number of hydrogen-bond donors (Lipinski definition) is 2. The molecule has 0 bridgehead atoms. The van der Waals surface area contributed by atoms with Gasteiger partial charge in [-0.05, 0) is 35.6 Å². The first-order valence-corrected chi connectivity index (χ1v) is 13.2. The maximum Gasteiger partial charge on any atom is 0.243 e. The van der Waals surface area contributed by atoms with E-state index >= 15 is 0 Å². The molecule has 0 radical (unpaired) electrons. The zero-order chi connectivity index (χ0) is 23.2. The molecule has 1 aliphatic rings. The van der Waals surface area contributed by atoms with Gasteiger partial charge in [0.1, 0.15) is 0 Å². The van der Waals surface area contributed by atoms with Crippen molar-refractivity contribution in [3.8, 4) is 0 Å². The summed E-state index contributed by atoms with van der Waals surface area (Å²) in [5.41, 5.74) is 1.72. The van der Waals surface area contributed by atoms with Crippen molar-refractivity contribution in [1.29, 1.82) is 0 Å². The number of benzene rings is 2. The van der Waals surface area contributed by atoms with Crippen molar-refractivity contribution >= 4 is 26.0 Å². The summed E-state index contributed by atoms with van der Waals surface area (Å²) in [5.74, 6) is -0.249. The van der Waals surface area contributed by atoms with E-state index in [9.17, 15) is 21.6 Å². The van der Waals surface area contributed by atoms with E-state index < -0.39 is 20.0 Å². The van der Waals surface area contributed by atoms with Crippen LogP contribution >= 0.6 is 0 Å². The van der Waals surface area contributed by atoms with Gasteiger partial charge >= 0.3 is 0 Å². The first-order chi connectivity index (χ1) is 15.2. The van der Waals surface area contributed by atoms with Crippen molar-refractivity contribution in [3.63, 3.8) is 0 Å². The number of nitrogens with zero attached hydrogens (tertiary/aromatic N) is 1. The summed E-state index contributed by atoms with van der Waals surface area (Å²) in [6.07, 6.45) is 0.723. The fourth-order valence-electron chi connectivity index (χ4n) is 3.45. The second-order valence-corrected chi connectivity index (χ2v) is 11.3. The minimum absolute atomic E-state index is 0.105. The van der Waals surface area contributed by atoms with E-state index in [2.05, 4.69) is 16.6 Å². The number of amides is 1. The van der Waals surface area contributed by atoms with Gasteiger partial charge < -0.3 is 5.32 Å². The molecule has 1 saturated heterocycles. The zero-order valence-electron chi connectivity index (χ0n) is 17.6. The number of sulfonamides is 2. The topological polar surface area (TPSA) is 113 Å². The Hall–Kier alpha value is -2.53. The molecule has 2 aromatic carbocycles. The van der Waals surface area contributed by atoms with Gasteiger partial charge in [-0.25, -0.2) is 21.6 Å². The lowest BCUT2D eigenvalue weighted by Crippen LogP contribution is -2.32. The maximum absolute atomic E-state index is 12.9. The molecule has 0 spiro atoms. The van der Waals surface area contributed by atoms with E-state index in [1.807, 2.05) is 30.3 Å². The van der Waals surface area contributed by atoms with Crippen LogP contribution < -0.4 is 10.0 Å². The molecule has 1 amide bonds. The van der Waals surface area contributed by atoms with Gasteiger partial charge in [-0.15, -0.1) is 0 Å². The molecule has 2 N–H and O–H groups in total. The van der Waals surface area contributed by atoms with Gasteiger partial charge in [0.15, 0.2) is 0 Å². The van der Waals surface area contributed by atoms with E-state index in [-0.39, 0.29) is 36.2 Å². The molecule has 1 heterocycles. The van der Waals surface area contributed by atoms with Crippen LogP contribution in [0.5, 0.6) is 0 Å². The van der Waals surface area contributed by atoms with Crippen molar-refractivity contribution in [3.05, 3.63) is 77.7 Å². The standard InChI is InChI=1S/C22H27N3O5S2/c1-2-31(27,28)24-16-20-12-13-25(17-20)32(29,30)21-10-8-18(9-11-21)14-22(26)23-15-19-6-4-3-5-7-19/h2-11,20,24H,1,12-17H2,(H,23,26)/t20-/m1/s1. The average Bonchev–Trinajstić information content (AvgIpc) is 3.28. The van der Waals surface area contributed by atoms with Crippen molar-refractivity contribution in [2.24, 2.45) is 5.92 Å². The van der Waals surface area contributed by atoms with E-state index in [1.54, 1.807) is 12.1 Å². The third-order valence-corrected chi connectivity index (χ3v) is 8.19. The molecular weight excluding hydrogens is 450 g/mol. The number of carbonyl (C=O) groups excluding carboxylic acids is 1. The first kappa shape index (κ1) is 24.1. The van der Waals surface area contributed by atoms with Crippen LogP contribution in [-0.2, 0) is 37.8 Å². The number of rotatable bonds is 10. The molecule has 172 valence electrons. The highest BCUT2D eigenvalue weighted by Crippen LogP contribution is 2.24. The summed E-state index contributed by atoms with van der Waals surface area (Å²) in [5, 5.41) is 3.68. The summed E-state index contributed by atoms with van der Waals surface area (Å²) >= 11 is 0. The summed E-state index contributed by atoms with van der Waals surface area (Å²) in [4.78, 5) is 12.3. The molecule has 1 atom stereocenters. The Labute approximate surface area is 189 Å². The second-order valence-electron chi connectivity index (χ2n) is 7.66. The Balaban J connectivity index is 1.54.